The van der Waals surface area contributed by atoms with E-state index in [9.17, 15) is 9.59 Å². The summed E-state index contributed by atoms with van der Waals surface area (Å²) in [5, 5.41) is 7.26. The van der Waals surface area contributed by atoms with Gasteiger partial charge in [-0.2, -0.15) is 4.98 Å². The van der Waals surface area contributed by atoms with E-state index >= 15 is 0 Å². The number of hydrogen-bond donors (Lipinski definition) is 1. The van der Waals surface area contributed by atoms with Crippen molar-refractivity contribution in [3.8, 4) is 27.9 Å². The number of fused-ring (bicyclic) bond motifs is 1. The third-order valence-corrected chi connectivity index (χ3v) is 6.45. The first-order chi connectivity index (χ1) is 16.5. The molecule has 9 nitrogen and oxygen atoms in total. The second-order valence-electron chi connectivity index (χ2n) is 7.48. The minimum atomic E-state index is -0.342. The summed E-state index contributed by atoms with van der Waals surface area (Å²) in [6.07, 6.45) is 1.38. The van der Waals surface area contributed by atoms with Gasteiger partial charge in [-0.1, -0.05) is 35.5 Å². The molecule has 1 N–H and O–H groups in total. The first-order valence-corrected chi connectivity index (χ1v) is 11.2. The molecule has 0 saturated carbocycles. The van der Waals surface area contributed by atoms with Crippen LogP contribution in [-0.4, -0.2) is 32.7 Å². The van der Waals surface area contributed by atoms with Crippen molar-refractivity contribution < 1.29 is 14.1 Å². The molecule has 3 heterocycles. The standard InChI is InChI=1S/C24H19N5O4S/c1-14-19-23(34-20(14)22-27-21(28-33-22)15-6-4-3-5-7-15)25-13-29(24(19)31)12-18(30)26-16-8-10-17(32-2)11-9-16/h3-11,13H,12H2,1-2H3,(H,26,30). The minimum Gasteiger partial charge on any atom is -0.497 e. The number of nitrogens with zero attached hydrogens (tertiary/aromatic N) is 4. The fourth-order valence-electron chi connectivity index (χ4n) is 3.53. The molecule has 10 heteroatoms. The Morgan fingerprint density at radius 1 is 1.15 bits per heavy atom. The zero-order valence-electron chi connectivity index (χ0n) is 18.3. The van der Waals surface area contributed by atoms with E-state index < -0.39 is 0 Å². The second kappa shape index (κ2) is 8.91. The topological polar surface area (TPSA) is 112 Å². The summed E-state index contributed by atoms with van der Waals surface area (Å²) in [5.74, 6) is 1.13. The van der Waals surface area contributed by atoms with Crippen molar-refractivity contribution in [3.63, 3.8) is 0 Å². The number of hydrogen-bond acceptors (Lipinski definition) is 8. The summed E-state index contributed by atoms with van der Waals surface area (Å²) in [6, 6.07) is 16.4. The molecule has 0 aliphatic heterocycles. The average Bonchev–Trinajstić information content (AvgIpc) is 3.47. The van der Waals surface area contributed by atoms with Gasteiger partial charge < -0.3 is 14.6 Å². The van der Waals surface area contributed by atoms with E-state index in [1.807, 2.05) is 37.3 Å². The maximum atomic E-state index is 13.2. The Morgan fingerprint density at radius 3 is 2.65 bits per heavy atom. The third-order valence-electron chi connectivity index (χ3n) is 5.26. The second-order valence-corrected chi connectivity index (χ2v) is 8.48. The molecule has 0 saturated heterocycles. The highest BCUT2D eigenvalue weighted by atomic mass is 32.1. The number of ether oxygens (including phenoxy) is 1. The van der Waals surface area contributed by atoms with Crippen LogP contribution < -0.4 is 15.6 Å². The molecule has 5 rings (SSSR count). The van der Waals surface area contributed by atoms with Crippen LogP contribution in [0.2, 0.25) is 0 Å². The number of amides is 1. The van der Waals surface area contributed by atoms with Crippen LogP contribution in [-0.2, 0) is 11.3 Å². The van der Waals surface area contributed by atoms with Gasteiger partial charge in [-0.25, -0.2) is 4.98 Å². The lowest BCUT2D eigenvalue weighted by Gasteiger charge is -2.08. The summed E-state index contributed by atoms with van der Waals surface area (Å²) >= 11 is 1.30. The molecule has 0 bridgehead atoms. The van der Waals surface area contributed by atoms with Gasteiger partial charge in [-0.15, -0.1) is 11.3 Å². The zero-order valence-corrected chi connectivity index (χ0v) is 19.1. The van der Waals surface area contributed by atoms with Gasteiger partial charge in [0.1, 0.15) is 17.1 Å². The molecule has 2 aromatic carbocycles. The van der Waals surface area contributed by atoms with E-state index in [2.05, 4.69) is 20.4 Å². The lowest BCUT2D eigenvalue weighted by molar-refractivity contribution is -0.116. The highest BCUT2D eigenvalue weighted by Crippen LogP contribution is 2.35. The number of carbonyl (C=O) groups excluding carboxylic acids is 1. The molecule has 1 amide bonds. The van der Waals surface area contributed by atoms with Crippen molar-refractivity contribution in [2.24, 2.45) is 0 Å². The lowest BCUT2D eigenvalue weighted by atomic mass is 10.2. The van der Waals surface area contributed by atoms with Crippen LogP contribution in [0.5, 0.6) is 5.75 Å². The quantitative estimate of drug-likeness (QED) is 0.395. The van der Waals surface area contributed by atoms with Crippen molar-refractivity contribution in [1.82, 2.24) is 19.7 Å². The van der Waals surface area contributed by atoms with E-state index in [0.717, 1.165) is 5.56 Å². The van der Waals surface area contributed by atoms with Crippen LogP contribution >= 0.6 is 11.3 Å². The molecule has 0 unspecified atom stereocenters. The molecule has 0 fully saturated rings. The first-order valence-electron chi connectivity index (χ1n) is 10.4. The Kier molecular flexibility index (Phi) is 5.64. The van der Waals surface area contributed by atoms with Gasteiger partial charge in [-0.05, 0) is 36.8 Å². The SMILES string of the molecule is COc1ccc(NC(=O)Cn2cnc3sc(-c4nc(-c5ccccc5)no4)c(C)c3c2=O)cc1. The number of thiophene rings is 1. The van der Waals surface area contributed by atoms with Gasteiger partial charge >= 0.3 is 0 Å². The molecular formula is C24H19N5O4S. The van der Waals surface area contributed by atoms with Crippen LogP contribution in [0.4, 0.5) is 5.69 Å². The highest BCUT2D eigenvalue weighted by molar-refractivity contribution is 7.22. The number of benzene rings is 2. The van der Waals surface area contributed by atoms with Gasteiger partial charge in [0.15, 0.2) is 0 Å². The molecule has 0 spiro atoms. The smallest absolute Gasteiger partial charge is 0.268 e. The average molecular weight is 474 g/mol. The van der Waals surface area contributed by atoms with Gasteiger partial charge in [-0.3, -0.25) is 14.2 Å². The Morgan fingerprint density at radius 2 is 1.91 bits per heavy atom. The summed E-state index contributed by atoms with van der Waals surface area (Å²) in [6.45, 7) is 1.64. The number of aromatic nitrogens is 4. The Labute approximate surface area is 197 Å². The van der Waals surface area contributed by atoms with Crippen molar-refractivity contribution in [2.45, 2.75) is 13.5 Å². The fraction of sp³-hybridized carbons (Fsp3) is 0.125. The molecule has 0 aliphatic rings. The van der Waals surface area contributed by atoms with E-state index in [4.69, 9.17) is 9.26 Å². The zero-order chi connectivity index (χ0) is 23.7. The van der Waals surface area contributed by atoms with Crippen LogP contribution in [0.3, 0.4) is 0 Å². The lowest BCUT2D eigenvalue weighted by Crippen LogP contribution is -2.27. The van der Waals surface area contributed by atoms with Gasteiger partial charge in [0.25, 0.3) is 11.4 Å². The number of rotatable bonds is 6. The number of nitrogens with one attached hydrogen (secondary N) is 1. The monoisotopic (exact) mass is 473 g/mol. The number of anilines is 1. The van der Waals surface area contributed by atoms with Crippen molar-refractivity contribution in [3.05, 3.63) is 76.8 Å². The number of carbonyl (C=O) groups is 1. The number of methoxy groups -OCH3 is 1. The van der Waals surface area contributed by atoms with Crippen LogP contribution in [0.1, 0.15) is 5.56 Å². The third kappa shape index (κ3) is 4.06. The summed E-state index contributed by atoms with van der Waals surface area (Å²) in [4.78, 5) is 35.8. The Bertz CT molecular complexity index is 1540. The van der Waals surface area contributed by atoms with Crippen molar-refractivity contribution >= 4 is 33.1 Å². The summed E-state index contributed by atoms with van der Waals surface area (Å²) in [5.41, 5.74) is 1.82. The van der Waals surface area contributed by atoms with Crippen LogP contribution in [0.25, 0.3) is 32.4 Å². The maximum absolute atomic E-state index is 13.2. The predicted molar refractivity (Wildman–Crippen MR) is 129 cm³/mol. The molecule has 170 valence electrons. The van der Waals surface area contributed by atoms with E-state index in [-0.39, 0.29) is 18.0 Å². The van der Waals surface area contributed by atoms with Crippen LogP contribution in [0.15, 0.2) is 70.2 Å². The predicted octanol–water partition coefficient (Wildman–Crippen LogP) is 4.13. The van der Waals surface area contributed by atoms with E-state index in [1.54, 1.807) is 31.4 Å². The first kappa shape index (κ1) is 21.5. The highest BCUT2D eigenvalue weighted by Gasteiger charge is 2.21. The van der Waals surface area contributed by atoms with Crippen LogP contribution in [0, 0.1) is 6.92 Å². The molecular weight excluding hydrogens is 454 g/mol. The van der Waals surface area contributed by atoms with E-state index in [0.29, 0.717) is 43.8 Å². The fourth-order valence-corrected chi connectivity index (χ4v) is 4.59. The van der Waals surface area contributed by atoms with Gasteiger partial charge in [0, 0.05) is 11.3 Å². The number of aryl methyl sites for hydroxylation is 1. The molecule has 3 aromatic heterocycles. The van der Waals surface area contributed by atoms with Gasteiger partial charge in [0.05, 0.1) is 23.7 Å². The van der Waals surface area contributed by atoms with Gasteiger partial charge in [0.2, 0.25) is 11.7 Å². The normalized spacial score (nSPS) is 11.0. The molecule has 0 aliphatic carbocycles. The van der Waals surface area contributed by atoms with Crippen molar-refractivity contribution in [1.29, 1.82) is 0 Å². The summed E-state index contributed by atoms with van der Waals surface area (Å²) < 4.78 is 11.9. The summed E-state index contributed by atoms with van der Waals surface area (Å²) in [7, 11) is 1.57. The minimum absolute atomic E-state index is 0.170. The Hall–Kier alpha value is -4.31. The van der Waals surface area contributed by atoms with E-state index in [1.165, 1.54) is 22.2 Å². The molecule has 5 aromatic rings. The maximum Gasteiger partial charge on any atom is 0.268 e. The largest absolute Gasteiger partial charge is 0.497 e. The molecule has 0 radical (unpaired) electrons. The molecule has 34 heavy (non-hydrogen) atoms. The molecule has 0 atom stereocenters. The van der Waals surface area contributed by atoms with Crippen molar-refractivity contribution in [2.75, 3.05) is 12.4 Å². The Balaban J connectivity index is 1.41.